The van der Waals surface area contributed by atoms with Crippen LogP contribution in [0.15, 0.2) is 30.3 Å². The second kappa shape index (κ2) is 5.29. The molecular formula is C13H18N2O2. The molecule has 1 saturated carbocycles. The van der Waals surface area contributed by atoms with Crippen LogP contribution < -0.4 is 5.73 Å². The number of benzene rings is 1. The number of aliphatic hydroxyl groups excluding tert-OH is 1. The topological polar surface area (TPSA) is 66.6 Å². The van der Waals surface area contributed by atoms with Gasteiger partial charge in [-0.2, -0.15) is 0 Å². The first-order chi connectivity index (χ1) is 8.24. The van der Waals surface area contributed by atoms with Crippen molar-refractivity contribution in [3.05, 3.63) is 35.9 Å². The number of nitrogens with zero attached hydrogens (tertiary/aromatic N) is 1. The minimum absolute atomic E-state index is 0.0102. The lowest BCUT2D eigenvalue weighted by Gasteiger charge is -2.25. The quantitative estimate of drug-likeness (QED) is 0.787. The molecule has 0 spiro atoms. The van der Waals surface area contributed by atoms with Crippen LogP contribution in [0.3, 0.4) is 0 Å². The van der Waals surface area contributed by atoms with Crippen LogP contribution in [0.25, 0.3) is 0 Å². The molecular weight excluding hydrogens is 216 g/mol. The van der Waals surface area contributed by atoms with Crippen molar-refractivity contribution >= 4 is 5.91 Å². The van der Waals surface area contributed by atoms with Gasteiger partial charge in [-0.15, -0.1) is 0 Å². The van der Waals surface area contributed by atoms with E-state index in [0.717, 1.165) is 18.4 Å². The van der Waals surface area contributed by atoms with E-state index in [1.165, 1.54) is 0 Å². The molecule has 0 radical (unpaired) electrons. The van der Waals surface area contributed by atoms with Gasteiger partial charge in [-0.05, 0) is 18.4 Å². The zero-order chi connectivity index (χ0) is 12.3. The Labute approximate surface area is 101 Å². The molecule has 92 valence electrons. The second-order valence-electron chi connectivity index (χ2n) is 4.37. The zero-order valence-electron chi connectivity index (χ0n) is 9.75. The van der Waals surface area contributed by atoms with E-state index in [1.54, 1.807) is 4.90 Å². The number of hydrogen-bond donors (Lipinski definition) is 2. The van der Waals surface area contributed by atoms with Crippen LogP contribution in [0.5, 0.6) is 0 Å². The fraction of sp³-hybridized carbons (Fsp3) is 0.462. The number of aliphatic hydroxyl groups is 1. The van der Waals surface area contributed by atoms with Crippen molar-refractivity contribution in [2.45, 2.75) is 24.9 Å². The number of amides is 1. The summed E-state index contributed by atoms with van der Waals surface area (Å²) in [6.45, 7) is 0.369. The first-order valence-electron chi connectivity index (χ1n) is 5.96. The number of nitrogens with two attached hydrogens (primary N) is 1. The van der Waals surface area contributed by atoms with Crippen LogP contribution in [-0.4, -0.2) is 35.1 Å². The van der Waals surface area contributed by atoms with Gasteiger partial charge in [0.25, 0.3) is 0 Å². The largest absolute Gasteiger partial charge is 0.395 e. The molecule has 1 amide bonds. The van der Waals surface area contributed by atoms with Crippen LogP contribution in [0.4, 0.5) is 0 Å². The summed E-state index contributed by atoms with van der Waals surface area (Å²) in [5.74, 6) is -0.0900. The fourth-order valence-electron chi connectivity index (χ4n) is 1.95. The SMILES string of the molecule is N[C@H](C(=O)N(CCO)C1CC1)c1ccccc1. The van der Waals surface area contributed by atoms with E-state index in [0.29, 0.717) is 6.54 Å². The minimum atomic E-state index is -0.622. The summed E-state index contributed by atoms with van der Waals surface area (Å²) in [6, 6.07) is 9.01. The Kier molecular flexibility index (Phi) is 3.76. The highest BCUT2D eigenvalue weighted by Gasteiger charge is 2.34. The molecule has 1 aromatic rings. The maximum absolute atomic E-state index is 12.2. The van der Waals surface area contributed by atoms with Crippen molar-refractivity contribution in [1.29, 1.82) is 0 Å². The molecule has 0 bridgehead atoms. The second-order valence-corrected chi connectivity index (χ2v) is 4.37. The maximum Gasteiger partial charge on any atom is 0.244 e. The highest BCUT2D eigenvalue weighted by molar-refractivity contribution is 5.83. The Morgan fingerprint density at radius 1 is 1.41 bits per heavy atom. The van der Waals surface area contributed by atoms with Crippen LogP contribution in [0, 0.1) is 0 Å². The highest BCUT2D eigenvalue weighted by atomic mass is 16.3. The zero-order valence-corrected chi connectivity index (χ0v) is 9.75. The van der Waals surface area contributed by atoms with Crippen molar-refractivity contribution in [3.8, 4) is 0 Å². The summed E-state index contributed by atoms with van der Waals surface area (Å²) in [5.41, 5.74) is 6.78. The summed E-state index contributed by atoms with van der Waals surface area (Å²) >= 11 is 0. The van der Waals surface area contributed by atoms with Gasteiger partial charge in [0, 0.05) is 12.6 Å². The van der Waals surface area contributed by atoms with E-state index >= 15 is 0 Å². The Balaban J connectivity index is 2.07. The summed E-state index contributed by atoms with van der Waals surface area (Å²) < 4.78 is 0. The molecule has 0 aliphatic heterocycles. The molecule has 2 rings (SSSR count). The van der Waals surface area contributed by atoms with E-state index in [4.69, 9.17) is 10.8 Å². The van der Waals surface area contributed by atoms with Crippen molar-refractivity contribution in [2.75, 3.05) is 13.2 Å². The number of carbonyl (C=O) groups excluding carboxylic acids is 1. The fourth-order valence-corrected chi connectivity index (χ4v) is 1.95. The molecule has 4 heteroatoms. The Hall–Kier alpha value is -1.39. The molecule has 4 nitrogen and oxygen atoms in total. The number of rotatable bonds is 5. The first kappa shape index (κ1) is 12.1. The van der Waals surface area contributed by atoms with E-state index in [9.17, 15) is 4.79 Å². The average Bonchev–Trinajstić information content (AvgIpc) is 3.19. The van der Waals surface area contributed by atoms with Gasteiger partial charge < -0.3 is 15.7 Å². The van der Waals surface area contributed by atoms with E-state index in [2.05, 4.69) is 0 Å². The van der Waals surface area contributed by atoms with Crippen LogP contribution in [0.1, 0.15) is 24.4 Å². The van der Waals surface area contributed by atoms with Gasteiger partial charge in [0.1, 0.15) is 6.04 Å². The minimum Gasteiger partial charge on any atom is -0.395 e. The predicted molar refractivity (Wildman–Crippen MR) is 65.2 cm³/mol. The van der Waals surface area contributed by atoms with Gasteiger partial charge in [-0.1, -0.05) is 30.3 Å². The lowest BCUT2D eigenvalue weighted by Crippen LogP contribution is -2.41. The van der Waals surface area contributed by atoms with Crippen LogP contribution >= 0.6 is 0 Å². The Bertz CT molecular complexity index is 376. The van der Waals surface area contributed by atoms with Crippen LogP contribution in [-0.2, 0) is 4.79 Å². The van der Waals surface area contributed by atoms with Crippen molar-refractivity contribution in [1.82, 2.24) is 4.90 Å². The third-order valence-corrected chi connectivity index (χ3v) is 3.04. The molecule has 1 fully saturated rings. The molecule has 0 unspecified atom stereocenters. The highest BCUT2D eigenvalue weighted by Crippen LogP contribution is 2.28. The first-order valence-corrected chi connectivity index (χ1v) is 5.96. The molecule has 3 N–H and O–H groups in total. The van der Waals surface area contributed by atoms with Crippen molar-refractivity contribution in [2.24, 2.45) is 5.73 Å². The summed E-state index contributed by atoms with van der Waals surface area (Å²) in [7, 11) is 0. The molecule has 17 heavy (non-hydrogen) atoms. The smallest absolute Gasteiger partial charge is 0.244 e. The van der Waals surface area contributed by atoms with Crippen molar-refractivity contribution < 1.29 is 9.90 Å². The van der Waals surface area contributed by atoms with Gasteiger partial charge >= 0.3 is 0 Å². The number of carbonyl (C=O) groups is 1. The van der Waals surface area contributed by atoms with E-state index in [-0.39, 0.29) is 18.6 Å². The molecule has 0 aromatic heterocycles. The predicted octanol–water partition coefficient (Wildman–Crippen LogP) is 0.670. The summed E-state index contributed by atoms with van der Waals surface area (Å²) in [6.07, 6.45) is 2.04. The molecule has 1 aliphatic rings. The molecule has 1 atom stereocenters. The van der Waals surface area contributed by atoms with Gasteiger partial charge in [0.15, 0.2) is 0 Å². The molecule has 0 heterocycles. The Morgan fingerprint density at radius 3 is 2.59 bits per heavy atom. The van der Waals surface area contributed by atoms with Gasteiger partial charge in [-0.25, -0.2) is 0 Å². The lowest BCUT2D eigenvalue weighted by molar-refractivity contribution is -0.133. The number of hydrogen-bond acceptors (Lipinski definition) is 3. The maximum atomic E-state index is 12.2. The monoisotopic (exact) mass is 234 g/mol. The molecule has 0 saturated heterocycles. The average molecular weight is 234 g/mol. The lowest BCUT2D eigenvalue weighted by atomic mass is 10.1. The summed E-state index contributed by atoms with van der Waals surface area (Å²) in [5, 5.41) is 8.98. The van der Waals surface area contributed by atoms with Crippen LogP contribution in [0.2, 0.25) is 0 Å². The third kappa shape index (κ3) is 2.84. The molecule has 1 aliphatic carbocycles. The van der Waals surface area contributed by atoms with Gasteiger partial charge in [0.05, 0.1) is 6.61 Å². The normalized spacial score (nSPS) is 16.6. The van der Waals surface area contributed by atoms with E-state index < -0.39 is 6.04 Å². The Morgan fingerprint density at radius 2 is 2.06 bits per heavy atom. The third-order valence-electron chi connectivity index (χ3n) is 3.04. The van der Waals surface area contributed by atoms with Gasteiger partial charge in [0.2, 0.25) is 5.91 Å². The van der Waals surface area contributed by atoms with E-state index in [1.807, 2.05) is 30.3 Å². The standard InChI is InChI=1S/C13H18N2O2/c14-12(10-4-2-1-3-5-10)13(17)15(8-9-16)11-6-7-11/h1-5,11-12,16H,6-9,14H2/t12-/m0/s1. The van der Waals surface area contributed by atoms with Crippen molar-refractivity contribution in [3.63, 3.8) is 0 Å². The molecule has 1 aromatic carbocycles. The summed E-state index contributed by atoms with van der Waals surface area (Å²) in [4.78, 5) is 13.9. The van der Waals surface area contributed by atoms with Gasteiger partial charge in [-0.3, -0.25) is 4.79 Å².